The van der Waals surface area contributed by atoms with Crippen molar-refractivity contribution >= 4 is 29.6 Å². The monoisotopic (exact) mass is 620 g/mol. The molecule has 0 bridgehead atoms. The molecule has 0 fully saturated rings. The van der Waals surface area contributed by atoms with Gasteiger partial charge in [0.25, 0.3) is 0 Å². The molecule has 250 valence electrons. The van der Waals surface area contributed by atoms with Crippen LogP contribution in [0.3, 0.4) is 0 Å². The van der Waals surface area contributed by atoms with Crippen LogP contribution in [0.4, 0.5) is 0 Å². The van der Waals surface area contributed by atoms with Crippen molar-refractivity contribution in [1.29, 1.82) is 0 Å². The van der Waals surface area contributed by atoms with Crippen LogP contribution in [0.1, 0.15) is 105 Å². The summed E-state index contributed by atoms with van der Waals surface area (Å²) in [6, 6.07) is -1.82. The first kappa shape index (κ1) is 38.8. The van der Waals surface area contributed by atoms with E-state index in [1.54, 1.807) is 6.92 Å². The first-order valence-corrected chi connectivity index (χ1v) is 16.1. The molecule has 5 N–H and O–H groups in total. The van der Waals surface area contributed by atoms with Crippen molar-refractivity contribution in [3.8, 4) is 0 Å². The third-order valence-corrected chi connectivity index (χ3v) is 8.06. The summed E-state index contributed by atoms with van der Waals surface area (Å²) < 4.78 is 5.74. The van der Waals surface area contributed by atoms with Crippen molar-refractivity contribution in [3.05, 3.63) is 24.4 Å². The molecule has 5 atom stereocenters. The Bertz CT molecular complexity index is 997. The lowest BCUT2D eigenvalue weighted by atomic mass is 9.88. The standard InChI is InChI=1S/C33H56N4O7/c1-22(2)17-15-13-11-9-7-8-10-12-14-16-18-23(3)30-25(5)32(42)35-24(4)19-20-27(39)37(6)21-26(38)36-28(33(43)44-30)29(40)31(34)41/h19-20,22-23,25,28-30,40H,4,7-18,21H2,1-3,5-6H3,(H2,34,41)(H,35,42)(H,36,38)/b20-19+/t23-,25+,28?,29-,30?/m1/s1. The lowest BCUT2D eigenvalue weighted by Crippen LogP contribution is -2.57. The molecular weight excluding hydrogens is 564 g/mol. The molecule has 0 aromatic heterocycles. The Morgan fingerprint density at radius 3 is 2.02 bits per heavy atom. The number of unbranched alkanes of at least 4 members (excludes halogenated alkanes) is 9. The van der Waals surface area contributed by atoms with Crippen LogP contribution in [-0.4, -0.2) is 71.4 Å². The van der Waals surface area contributed by atoms with Gasteiger partial charge in [-0.2, -0.15) is 0 Å². The smallest absolute Gasteiger partial charge is 0.332 e. The number of esters is 1. The van der Waals surface area contributed by atoms with E-state index in [0.717, 1.165) is 42.6 Å². The van der Waals surface area contributed by atoms with Crippen molar-refractivity contribution in [3.63, 3.8) is 0 Å². The van der Waals surface area contributed by atoms with Crippen LogP contribution >= 0.6 is 0 Å². The fourth-order valence-corrected chi connectivity index (χ4v) is 5.22. The topological polar surface area (TPSA) is 168 Å². The Labute approximate surface area is 263 Å². The zero-order valence-electron chi connectivity index (χ0n) is 27.4. The quantitative estimate of drug-likeness (QED) is 0.151. The Morgan fingerprint density at radius 1 is 0.977 bits per heavy atom. The number of amides is 4. The van der Waals surface area contributed by atoms with E-state index in [9.17, 15) is 29.1 Å². The van der Waals surface area contributed by atoms with E-state index in [0.29, 0.717) is 6.42 Å². The Morgan fingerprint density at radius 2 is 1.50 bits per heavy atom. The molecule has 0 saturated carbocycles. The number of carbonyl (C=O) groups is 5. The molecule has 0 spiro atoms. The summed E-state index contributed by atoms with van der Waals surface area (Å²) in [5.41, 5.74) is 5.38. The van der Waals surface area contributed by atoms with E-state index in [-0.39, 0.29) is 11.6 Å². The third-order valence-electron chi connectivity index (χ3n) is 8.06. The second kappa shape index (κ2) is 20.7. The second-order valence-corrected chi connectivity index (χ2v) is 12.6. The summed E-state index contributed by atoms with van der Waals surface area (Å²) in [7, 11) is 1.35. The van der Waals surface area contributed by atoms with E-state index in [1.165, 1.54) is 58.1 Å². The molecule has 2 unspecified atom stereocenters. The first-order valence-electron chi connectivity index (χ1n) is 16.1. The zero-order valence-corrected chi connectivity index (χ0v) is 27.4. The third kappa shape index (κ3) is 15.0. The number of hydrogen-bond donors (Lipinski definition) is 4. The summed E-state index contributed by atoms with van der Waals surface area (Å²) in [6.45, 7) is 11.3. The maximum Gasteiger partial charge on any atom is 0.332 e. The van der Waals surface area contributed by atoms with Gasteiger partial charge in [0.05, 0.1) is 12.5 Å². The average Bonchev–Trinajstić information content (AvgIpc) is 2.96. The van der Waals surface area contributed by atoms with Gasteiger partial charge in [0.2, 0.25) is 23.6 Å². The molecule has 44 heavy (non-hydrogen) atoms. The number of nitrogens with two attached hydrogens (primary N) is 1. The maximum atomic E-state index is 13.3. The molecule has 0 aromatic rings. The van der Waals surface area contributed by atoms with Crippen molar-refractivity contribution in [2.24, 2.45) is 23.5 Å². The molecule has 1 heterocycles. The van der Waals surface area contributed by atoms with Crippen molar-refractivity contribution < 1.29 is 33.8 Å². The Hall–Kier alpha value is -3.21. The van der Waals surface area contributed by atoms with Crippen LogP contribution in [0.5, 0.6) is 0 Å². The van der Waals surface area contributed by atoms with Crippen LogP contribution in [0, 0.1) is 17.8 Å². The van der Waals surface area contributed by atoms with Gasteiger partial charge >= 0.3 is 5.97 Å². The lowest BCUT2D eigenvalue weighted by Gasteiger charge is -2.31. The van der Waals surface area contributed by atoms with Crippen LogP contribution in [0.15, 0.2) is 24.4 Å². The molecule has 11 heteroatoms. The van der Waals surface area contributed by atoms with Crippen LogP contribution in [0.2, 0.25) is 0 Å². The van der Waals surface area contributed by atoms with Gasteiger partial charge in [-0.3, -0.25) is 19.2 Å². The predicted octanol–water partition coefficient (Wildman–Crippen LogP) is 3.50. The minimum atomic E-state index is -2.08. The number of likely N-dealkylation sites (N-methyl/N-ethyl adjacent to an activating group) is 1. The Kier molecular flexibility index (Phi) is 18.3. The number of ether oxygens (including phenoxy) is 1. The van der Waals surface area contributed by atoms with Gasteiger partial charge in [-0.15, -0.1) is 0 Å². The van der Waals surface area contributed by atoms with Gasteiger partial charge < -0.3 is 31.1 Å². The fraction of sp³-hybridized carbons (Fsp3) is 0.727. The highest BCUT2D eigenvalue weighted by molar-refractivity contribution is 5.95. The van der Waals surface area contributed by atoms with Crippen LogP contribution < -0.4 is 16.4 Å². The molecule has 4 amide bonds. The van der Waals surface area contributed by atoms with Crippen molar-refractivity contribution in [2.75, 3.05) is 13.6 Å². The summed E-state index contributed by atoms with van der Waals surface area (Å²) in [6.07, 6.45) is 13.2. The lowest BCUT2D eigenvalue weighted by molar-refractivity contribution is -0.165. The predicted molar refractivity (Wildman–Crippen MR) is 170 cm³/mol. The molecule has 0 saturated heterocycles. The van der Waals surface area contributed by atoms with Crippen molar-refractivity contribution in [1.82, 2.24) is 15.5 Å². The number of aliphatic hydroxyl groups is 1. The number of hydrogen-bond acceptors (Lipinski definition) is 7. The molecule has 11 nitrogen and oxygen atoms in total. The number of nitrogens with one attached hydrogen (secondary N) is 2. The van der Waals surface area contributed by atoms with Crippen molar-refractivity contribution in [2.45, 2.75) is 123 Å². The molecule has 1 rings (SSSR count). The van der Waals surface area contributed by atoms with Crippen LogP contribution in [-0.2, 0) is 28.7 Å². The van der Waals surface area contributed by atoms with E-state index in [1.807, 2.05) is 6.92 Å². The normalized spacial score (nSPS) is 22.8. The SMILES string of the molecule is C=C1/C=C/C(=O)N(C)CC(=O)NC([C@@H](O)C(N)=O)C(=O)OC([C@H](C)CCCCCCCCCCCCC(C)C)[C@H](C)C(=O)N1. The van der Waals surface area contributed by atoms with Crippen LogP contribution in [0.25, 0.3) is 0 Å². The first-order chi connectivity index (χ1) is 20.7. The van der Waals surface area contributed by atoms with Gasteiger partial charge in [0.15, 0.2) is 12.1 Å². The molecule has 0 aromatic carbocycles. The number of aliphatic hydroxyl groups excluding tert-OH is 1. The minimum absolute atomic E-state index is 0.151. The maximum absolute atomic E-state index is 13.3. The summed E-state index contributed by atoms with van der Waals surface area (Å²) in [4.78, 5) is 64.2. The highest BCUT2D eigenvalue weighted by atomic mass is 16.5. The average molecular weight is 621 g/mol. The summed E-state index contributed by atoms with van der Waals surface area (Å²) in [5.74, 6) is -4.56. The largest absolute Gasteiger partial charge is 0.460 e. The summed E-state index contributed by atoms with van der Waals surface area (Å²) in [5, 5.41) is 15.2. The number of carbonyl (C=O) groups excluding carboxylic acids is 5. The number of primary amides is 1. The van der Waals surface area contributed by atoms with Gasteiger partial charge in [-0.05, 0) is 24.3 Å². The number of cyclic esters (lactones) is 1. The number of allylic oxidation sites excluding steroid dienone is 1. The highest BCUT2D eigenvalue weighted by Crippen LogP contribution is 2.25. The fourth-order valence-electron chi connectivity index (χ4n) is 5.22. The van der Waals surface area contributed by atoms with Gasteiger partial charge in [-0.1, -0.05) is 105 Å². The van der Waals surface area contributed by atoms with E-state index < -0.39 is 60.3 Å². The molecule has 1 aliphatic heterocycles. The van der Waals surface area contributed by atoms with Gasteiger partial charge in [0.1, 0.15) is 6.10 Å². The summed E-state index contributed by atoms with van der Waals surface area (Å²) >= 11 is 0. The van der Waals surface area contributed by atoms with E-state index in [2.05, 4.69) is 31.1 Å². The highest BCUT2D eigenvalue weighted by Gasteiger charge is 2.39. The minimum Gasteiger partial charge on any atom is -0.460 e. The Balaban J connectivity index is 2.86. The number of rotatable bonds is 16. The molecule has 0 radical (unpaired) electrons. The molecular formula is C33H56N4O7. The molecule has 1 aliphatic rings. The van der Waals surface area contributed by atoms with Gasteiger partial charge in [-0.25, -0.2) is 4.79 Å². The van der Waals surface area contributed by atoms with E-state index >= 15 is 0 Å². The molecule has 0 aliphatic carbocycles. The zero-order chi connectivity index (χ0) is 33.2. The second-order valence-electron chi connectivity index (χ2n) is 12.6. The van der Waals surface area contributed by atoms with E-state index in [4.69, 9.17) is 10.5 Å². The van der Waals surface area contributed by atoms with Gasteiger partial charge in [0, 0.05) is 18.8 Å². The number of nitrogens with zero attached hydrogens (tertiary/aromatic N) is 1.